The molecule has 0 spiro atoms. The van der Waals surface area contributed by atoms with Crippen molar-refractivity contribution in [2.45, 2.75) is 39.7 Å². The Balaban J connectivity index is 2.44. The molecule has 0 aliphatic carbocycles. The number of aromatic nitrogens is 1. The first-order valence-corrected chi connectivity index (χ1v) is 7.55. The van der Waals surface area contributed by atoms with Crippen LogP contribution < -0.4 is 5.32 Å². The Morgan fingerprint density at radius 3 is 2.65 bits per heavy atom. The summed E-state index contributed by atoms with van der Waals surface area (Å²) >= 11 is 0. The predicted molar refractivity (Wildman–Crippen MR) is 85.0 cm³/mol. The summed E-state index contributed by atoms with van der Waals surface area (Å²) in [7, 11) is 0. The Labute approximate surface area is 122 Å². The minimum atomic E-state index is 0.254. The quantitative estimate of drug-likeness (QED) is 0.859. The second kappa shape index (κ2) is 7.20. The zero-order valence-electron chi connectivity index (χ0n) is 12.7. The van der Waals surface area contributed by atoms with Gasteiger partial charge in [-0.25, -0.2) is 0 Å². The van der Waals surface area contributed by atoms with E-state index in [1.807, 2.05) is 12.4 Å². The van der Waals surface area contributed by atoms with E-state index in [4.69, 9.17) is 0 Å². The summed E-state index contributed by atoms with van der Waals surface area (Å²) in [5.74, 6) is 0. The molecule has 2 heteroatoms. The van der Waals surface area contributed by atoms with E-state index in [0.29, 0.717) is 0 Å². The molecule has 2 rings (SSSR count). The van der Waals surface area contributed by atoms with E-state index in [2.05, 4.69) is 61.4 Å². The Morgan fingerprint density at radius 1 is 1.10 bits per heavy atom. The van der Waals surface area contributed by atoms with Gasteiger partial charge in [-0.2, -0.15) is 0 Å². The molecule has 106 valence electrons. The van der Waals surface area contributed by atoms with E-state index in [1.54, 1.807) is 0 Å². The van der Waals surface area contributed by atoms with Crippen molar-refractivity contribution >= 4 is 0 Å². The highest BCUT2D eigenvalue weighted by Crippen LogP contribution is 2.25. The molecular weight excluding hydrogens is 244 g/mol. The molecule has 1 aromatic carbocycles. The molecule has 1 N–H and O–H groups in total. The van der Waals surface area contributed by atoms with Crippen molar-refractivity contribution in [2.24, 2.45) is 0 Å². The van der Waals surface area contributed by atoms with Crippen LogP contribution in [0.4, 0.5) is 0 Å². The van der Waals surface area contributed by atoms with Gasteiger partial charge in [-0.05, 0) is 47.7 Å². The monoisotopic (exact) mass is 268 g/mol. The minimum absolute atomic E-state index is 0.254. The van der Waals surface area contributed by atoms with Crippen LogP contribution in [-0.2, 0) is 12.8 Å². The van der Waals surface area contributed by atoms with Gasteiger partial charge in [0.25, 0.3) is 0 Å². The van der Waals surface area contributed by atoms with Gasteiger partial charge >= 0.3 is 0 Å². The molecule has 1 heterocycles. The molecule has 2 nitrogen and oxygen atoms in total. The van der Waals surface area contributed by atoms with Crippen molar-refractivity contribution < 1.29 is 0 Å². The molecule has 0 aliphatic heterocycles. The molecule has 0 fully saturated rings. The van der Waals surface area contributed by atoms with Crippen LogP contribution in [0.5, 0.6) is 0 Å². The molecule has 1 atom stereocenters. The third-order valence-electron chi connectivity index (χ3n) is 3.73. The summed E-state index contributed by atoms with van der Waals surface area (Å²) in [6.45, 7) is 7.49. The van der Waals surface area contributed by atoms with Crippen molar-refractivity contribution in [1.82, 2.24) is 10.3 Å². The first-order valence-electron chi connectivity index (χ1n) is 7.55. The van der Waals surface area contributed by atoms with Gasteiger partial charge < -0.3 is 5.32 Å². The molecule has 20 heavy (non-hydrogen) atoms. The first-order chi connectivity index (χ1) is 9.80. The van der Waals surface area contributed by atoms with Gasteiger partial charge in [-0.3, -0.25) is 4.98 Å². The van der Waals surface area contributed by atoms with Gasteiger partial charge in [0.05, 0.1) is 6.04 Å². The number of hydrogen-bond acceptors (Lipinski definition) is 2. The SMILES string of the molecule is CCNC(c1cccc(CC)c1)c1ccncc1CC. The Morgan fingerprint density at radius 2 is 1.95 bits per heavy atom. The highest BCUT2D eigenvalue weighted by molar-refractivity contribution is 5.37. The third kappa shape index (κ3) is 3.26. The minimum Gasteiger partial charge on any atom is -0.307 e. The van der Waals surface area contributed by atoms with Crippen molar-refractivity contribution in [3.63, 3.8) is 0 Å². The number of nitrogens with one attached hydrogen (secondary N) is 1. The van der Waals surface area contributed by atoms with Crippen molar-refractivity contribution in [1.29, 1.82) is 0 Å². The molecule has 0 saturated carbocycles. The fraction of sp³-hybridized carbons (Fsp3) is 0.389. The standard InChI is InChI=1S/C18H24N2/c1-4-14-8-7-9-16(12-14)18(20-6-3)17-10-11-19-13-15(17)5-2/h7-13,18,20H,4-6H2,1-3H3. The highest BCUT2D eigenvalue weighted by Gasteiger charge is 2.16. The van der Waals surface area contributed by atoms with Crippen LogP contribution in [0.2, 0.25) is 0 Å². The molecule has 0 amide bonds. The third-order valence-corrected chi connectivity index (χ3v) is 3.73. The largest absolute Gasteiger partial charge is 0.307 e. The van der Waals surface area contributed by atoms with E-state index < -0.39 is 0 Å². The second-order valence-electron chi connectivity index (χ2n) is 5.02. The molecular formula is C18H24N2. The highest BCUT2D eigenvalue weighted by atomic mass is 14.9. The Hall–Kier alpha value is -1.67. The summed E-state index contributed by atoms with van der Waals surface area (Å²) in [5, 5.41) is 3.61. The van der Waals surface area contributed by atoms with Crippen molar-refractivity contribution in [3.8, 4) is 0 Å². The maximum Gasteiger partial charge on any atom is 0.0580 e. The number of rotatable bonds is 6. The van der Waals surface area contributed by atoms with Gasteiger partial charge in [0.1, 0.15) is 0 Å². The predicted octanol–water partition coefficient (Wildman–Crippen LogP) is 3.91. The molecule has 0 radical (unpaired) electrons. The van der Waals surface area contributed by atoms with Crippen LogP contribution in [0, 0.1) is 0 Å². The summed E-state index contributed by atoms with van der Waals surface area (Å²) in [5.41, 5.74) is 5.39. The smallest absolute Gasteiger partial charge is 0.0580 e. The molecule has 1 aromatic heterocycles. The van der Waals surface area contributed by atoms with Crippen LogP contribution >= 0.6 is 0 Å². The zero-order valence-corrected chi connectivity index (χ0v) is 12.7. The van der Waals surface area contributed by atoms with Crippen molar-refractivity contribution in [3.05, 3.63) is 65.0 Å². The Bertz CT molecular complexity index is 549. The van der Waals surface area contributed by atoms with E-state index in [9.17, 15) is 0 Å². The van der Waals surface area contributed by atoms with Gasteiger partial charge in [-0.1, -0.05) is 45.0 Å². The lowest BCUT2D eigenvalue weighted by atomic mass is 9.93. The van der Waals surface area contributed by atoms with Gasteiger partial charge in [0, 0.05) is 12.4 Å². The molecule has 0 saturated heterocycles. The number of pyridine rings is 1. The van der Waals surface area contributed by atoms with Crippen LogP contribution in [0.25, 0.3) is 0 Å². The zero-order chi connectivity index (χ0) is 14.4. The van der Waals surface area contributed by atoms with Gasteiger partial charge in [-0.15, -0.1) is 0 Å². The van der Waals surface area contributed by atoms with Crippen LogP contribution in [0.1, 0.15) is 49.1 Å². The van der Waals surface area contributed by atoms with Crippen molar-refractivity contribution in [2.75, 3.05) is 6.54 Å². The lowest BCUT2D eigenvalue weighted by Crippen LogP contribution is -2.23. The maximum atomic E-state index is 4.26. The number of aryl methyl sites for hydroxylation is 2. The summed E-state index contributed by atoms with van der Waals surface area (Å²) in [6.07, 6.45) is 5.97. The Kier molecular flexibility index (Phi) is 5.31. The maximum absolute atomic E-state index is 4.26. The van der Waals surface area contributed by atoms with Crippen LogP contribution in [-0.4, -0.2) is 11.5 Å². The topological polar surface area (TPSA) is 24.9 Å². The number of hydrogen-bond donors (Lipinski definition) is 1. The normalized spacial score (nSPS) is 12.3. The molecule has 0 aliphatic rings. The molecule has 0 bridgehead atoms. The summed E-state index contributed by atoms with van der Waals surface area (Å²) in [6, 6.07) is 11.3. The lowest BCUT2D eigenvalue weighted by molar-refractivity contribution is 0.624. The van der Waals surface area contributed by atoms with Crippen LogP contribution in [0.15, 0.2) is 42.7 Å². The first kappa shape index (κ1) is 14.7. The van der Waals surface area contributed by atoms with E-state index in [1.165, 1.54) is 22.3 Å². The second-order valence-corrected chi connectivity index (χ2v) is 5.02. The van der Waals surface area contributed by atoms with Gasteiger partial charge in [0.2, 0.25) is 0 Å². The van der Waals surface area contributed by atoms with Gasteiger partial charge in [0.15, 0.2) is 0 Å². The summed E-state index contributed by atoms with van der Waals surface area (Å²) in [4.78, 5) is 4.26. The molecule has 2 aromatic rings. The van der Waals surface area contributed by atoms with E-state index in [0.717, 1.165) is 19.4 Å². The summed E-state index contributed by atoms with van der Waals surface area (Å²) < 4.78 is 0. The van der Waals surface area contributed by atoms with E-state index >= 15 is 0 Å². The van der Waals surface area contributed by atoms with E-state index in [-0.39, 0.29) is 6.04 Å². The fourth-order valence-corrected chi connectivity index (χ4v) is 2.62. The fourth-order valence-electron chi connectivity index (χ4n) is 2.62. The number of benzene rings is 1. The molecule has 1 unspecified atom stereocenters. The average molecular weight is 268 g/mol. The lowest BCUT2D eigenvalue weighted by Gasteiger charge is -2.22. The average Bonchev–Trinajstić information content (AvgIpc) is 2.52. The van der Waals surface area contributed by atoms with Crippen LogP contribution in [0.3, 0.4) is 0 Å². The number of nitrogens with zero attached hydrogens (tertiary/aromatic N) is 1.